The van der Waals surface area contributed by atoms with Crippen LogP contribution in [0.3, 0.4) is 0 Å². The van der Waals surface area contributed by atoms with Crippen molar-refractivity contribution in [1.29, 1.82) is 0 Å². The van der Waals surface area contributed by atoms with Crippen molar-refractivity contribution in [3.8, 4) is 0 Å². The van der Waals surface area contributed by atoms with Crippen LogP contribution in [0.5, 0.6) is 0 Å². The summed E-state index contributed by atoms with van der Waals surface area (Å²) < 4.78 is 2.63. The number of para-hydroxylation sites is 1. The maximum atomic E-state index is 12.7. The number of hydrogen-bond acceptors (Lipinski definition) is 3. The van der Waals surface area contributed by atoms with Gasteiger partial charge in [-0.1, -0.05) is 19.1 Å². The van der Waals surface area contributed by atoms with Gasteiger partial charge < -0.3 is 4.90 Å². The molecule has 2 aromatic rings. The van der Waals surface area contributed by atoms with Crippen LogP contribution in [-0.2, 0) is 17.9 Å². The van der Waals surface area contributed by atoms with Gasteiger partial charge >= 0.3 is 5.69 Å². The highest BCUT2D eigenvalue weighted by molar-refractivity contribution is 5.81. The first-order valence-corrected chi connectivity index (χ1v) is 8.05. The molecule has 0 saturated heterocycles. The molecule has 0 bridgehead atoms. The molecule has 0 aliphatic heterocycles. The summed E-state index contributed by atoms with van der Waals surface area (Å²) in [4.78, 5) is 39.2. The summed E-state index contributed by atoms with van der Waals surface area (Å²) in [5, 5.41) is 0.466. The fourth-order valence-electron chi connectivity index (χ4n) is 2.76. The zero-order valence-electron chi connectivity index (χ0n) is 13.9. The number of nitrogens with zero attached hydrogens (tertiary/aromatic N) is 3. The molecule has 0 aliphatic carbocycles. The van der Waals surface area contributed by atoms with Gasteiger partial charge in [-0.3, -0.25) is 18.7 Å². The van der Waals surface area contributed by atoms with Crippen LogP contribution in [0, 0.1) is 0 Å². The topological polar surface area (TPSA) is 64.3 Å². The van der Waals surface area contributed by atoms with Gasteiger partial charge in [-0.2, -0.15) is 0 Å². The molecular formula is C17H23N3O3. The summed E-state index contributed by atoms with van der Waals surface area (Å²) in [6.07, 6.45) is 0.678. The summed E-state index contributed by atoms with van der Waals surface area (Å²) in [6, 6.07) is 6.94. The molecule has 0 spiro atoms. The van der Waals surface area contributed by atoms with E-state index in [0.29, 0.717) is 37.0 Å². The van der Waals surface area contributed by atoms with Gasteiger partial charge in [0.25, 0.3) is 5.56 Å². The molecule has 0 radical (unpaired) electrons. The first kappa shape index (κ1) is 17.0. The Morgan fingerprint density at radius 3 is 2.30 bits per heavy atom. The average molecular weight is 317 g/mol. The smallest absolute Gasteiger partial charge is 0.331 e. The van der Waals surface area contributed by atoms with E-state index in [-0.39, 0.29) is 18.0 Å². The molecule has 6 nitrogen and oxygen atoms in total. The molecule has 23 heavy (non-hydrogen) atoms. The lowest BCUT2D eigenvalue weighted by Crippen LogP contribution is -2.43. The number of benzene rings is 1. The van der Waals surface area contributed by atoms with E-state index in [1.165, 1.54) is 9.13 Å². The second-order valence-corrected chi connectivity index (χ2v) is 5.41. The van der Waals surface area contributed by atoms with Crippen molar-refractivity contribution in [3.05, 3.63) is 45.1 Å². The van der Waals surface area contributed by atoms with Gasteiger partial charge in [0.1, 0.15) is 6.54 Å². The maximum absolute atomic E-state index is 12.7. The van der Waals surface area contributed by atoms with Crippen LogP contribution in [-0.4, -0.2) is 33.0 Å². The first-order chi connectivity index (χ1) is 11.0. The molecule has 1 heterocycles. The molecule has 0 atom stereocenters. The van der Waals surface area contributed by atoms with Crippen molar-refractivity contribution >= 4 is 16.8 Å². The van der Waals surface area contributed by atoms with E-state index in [2.05, 4.69) is 0 Å². The largest absolute Gasteiger partial charge is 0.342 e. The van der Waals surface area contributed by atoms with Crippen molar-refractivity contribution in [2.45, 2.75) is 40.3 Å². The highest BCUT2D eigenvalue weighted by Crippen LogP contribution is 2.08. The number of rotatable bonds is 6. The van der Waals surface area contributed by atoms with Crippen LogP contribution in [0.1, 0.15) is 27.2 Å². The monoisotopic (exact) mass is 317 g/mol. The number of carbonyl (C=O) groups is 1. The molecule has 0 fully saturated rings. The van der Waals surface area contributed by atoms with Crippen LogP contribution in [0.15, 0.2) is 33.9 Å². The minimum absolute atomic E-state index is 0.0506. The van der Waals surface area contributed by atoms with Gasteiger partial charge in [0.15, 0.2) is 0 Å². The summed E-state index contributed by atoms with van der Waals surface area (Å²) in [5.41, 5.74) is -0.203. The summed E-state index contributed by atoms with van der Waals surface area (Å²) in [5.74, 6) is -0.121. The van der Waals surface area contributed by atoms with Gasteiger partial charge in [-0.15, -0.1) is 0 Å². The zero-order chi connectivity index (χ0) is 17.0. The standard InChI is InChI=1S/C17H23N3O3/c1-4-11-19-16(22)13-9-7-8-10-14(13)20(17(19)23)12-15(21)18(5-2)6-3/h7-10H,4-6,11-12H2,1-3H3. The van der Waals surface area contributed by atoms with E-state index < -0.39 is 5.69 Å². The number of carbonyl (C=O) groups excluding carboxylic acids is 1. The number of aromatic nitrogens is 2. The second kappa shape index (κ2) is 7.26. The van der Waals surface area contributed by atoms with Crippen LogP contribution < -0.4 is 11.2 Å². The lowest BCUT2D eigenvalue weighted by Gasteiger charge is -2.20. The summed E-state index contributed by atoms with van der Waals surface area (Å²) >= 11 is 0. The van der Waals surface area contributed by atoms with Crippen LogP contribution in [0.2, 0.25) is 0 Å². The van der Waals surface area contributed by atoms with E-state index in [1.807, 2.05) is 20.8 Å². The Bertz CT molecular complexity index is 816. The Balaban J connectivity index is 2.65. The van der Waals surface area contributed by atoms with Crippen molar-refractivity contribution < 1.29 is 4.79 Å². The third-order valence-electron chi connectivity index (χ3n) is 3.99. The number of amides is 1. The Morgan fingerprint density at radius 1 is 1.04 bits per heavy atom. The van der Waals surface area contributed by atoms with Gasteiger partial charge in [0.2, 0.25) is 5.91 Å². The predicted molar refractivity (Wildman–Crippen MR) is 90.7 cm³/mol. The van der Waals surface area contributed by atoms with E-state index in [4.69, 9.17) is 0 Å². The summed E-state index contributed by atoms with van der Waals surface area (Å²) in [7, 11) is 0. The normalized spacial score (nSPS) is 10.9. The quantitative estimate of drug-likeness (QED) is 0.810. The predicted octanol–water partition coefficient (Wildman–Crippen LogP) is 1.44. The Morgan fingerprint density at radius 2 is 1.70 bits per heavy atom. The van der Waals surface area contributed by atoms with E-state index in [1.54, 1.807) is 29.2 Å². The van der Waals surface area contributed by atoms with E-state index in [9.17, 15) is 14.4 Å². The molecule has 0 N–H and O–H groups in total. The third-order valence-corrected chi connectivity index (χ3v) is 3.99. The molecule has 6 heteroatoms. The van der Waals surface area contributed by atoms with Crippen LogP contribution in [0.4, 0.5) is 0 Å². The zero-order valence-corrected chi connectivity index (χ0v) is 13.9. The molecule has 1 aromatic carbocycles. The second-order valence-electron chi connectivity index (χ2n) is 5.41. The van der Waals surface area contributed by atoms with E-state index in [0.717, 1.165) is 0 Å². The highest BCUT2D eigenvalue weighted by Gasteiger charge is 2.17. The number of fused-ring (bicyclic) bond motifs is 1. The molecule has 0 saturated carbocycles. The molecule has 0 aliphatic rings. The molecule has 2 rings (SSSR count). The fourth-order valence-corrected chi connectivity index (χ4v) is 2.76. The Hall–Kier alpha value is -2.37. The van der Waals surface area contributed by atoms with E-state index >= 15 is 0 Å². The van der Waals surface area contributed by atoms with Gasteiger partial charge in [0, 0.05) is 19.6 Å². The molecule has 124 valence electrons. The van der Waals surface area contributed by atoms with Gasteiger partial charge in [0.05, 0.1) is 10.9 Å². The van der Waals surface area contributed by atoms with Gasteiger partial charge in [-0.25, -0.2) is 4.79 Å². The van der Waals surface area contributed by atoms with Crippen molar-refractivity contribution in [2.75, 3.05) is 13.1 Å². The maximum Gasteiger partial charge on any atom is 0.331 e. The highest BCUT2D eigenvalue weighted by atomic mass is 16.2. The number of likely N-dealkylation sites (N-methyl/N-ethyl adjacent to an activating group) is 1. The fraction of sp³-hybridized carbons (Fsp3) is 0.471. The first-order valence-electron chi connectivity index (χ1n) is 8.05. The van der Waals surface area contributed by atoms with Crippen LogP contribution in [0.25, 0.3) is 10.9 Å². The lowest BCUT2D eigenvalue weighted by molar-refractivity contribution is -0.131. The molecular weight excluding hydrogens is 294 g/mol. The third kappa shape index (κ3) is 3.21. The minimum Gasteiger partial charge on any atom is -0.342 e. The van der Waals surface area contributed by atoms with Crippen molar-refractivity contribution in [1.82, 2.24) is 14.0 Å². The average Bonchev–Trinajstić information content (AvgIpc) is 2.56. The minimum atomic E-state index is -0.420. The molecule has 1 amide bonds. The Kier molecular flexibility index (Phi) is 5.36. The molecule has 1 aromatic heterocycles. The summed E-state index contributed by atoms with van der Waals surface area (Å²) in [6.45, 7) is 7.20. The van der Waals surface area contributed by atoms with Crippen molar-refractivity contribution in [2.24, 2.45) is 0 Å². The molecule has 0 unspecified atom stereocenters. The lowest BCUT2D eigenvalue weighted by atomic mass is 10.2. The SMILES string of the molecule is CCCn1c(=O)c2ccccc2n(CC(=O)N(CC)CC)c1=O. The van der Waals surface area contributed by atoms with Crippen molar-refractivity contribution in [3.63, 3.8) is 0 Å². The van der Waals surface area contributed by atoms with Crippen LogP contribution >= 0.6 is 0 Å². The van der Waals surface area contributed by atoms with Gasteiger partial charge in [-0.05, 0) is 32.4 Å². The Labute approximate surface area is 135 Å². The number of hydrogen-bond donors (Lipinski definition) is 0.